The molecule has 0 bridgehead atoms. The zero-order chi connectivity index (χ0) is 17.7. The van der Waals surface area contributed by atoms with Gasteiger partial charge in [0.05, 0.1) is 17.9 Å². The molecule has 2 rings (SSSR count). The van der Waals surface area contributed by atoms with Gasteiger partial charge >= 0.3 is 5.97 Å². The Morgan fingerprint density at radius 2 is 2.00 bits per heavy atom. The van der Waals surface area contributed by atoms with E-state index in [9.17, 15) is 14.4 Å². The van der Waals surface area contributed by atoms with E-state index in [0.29, 0.717) is 10.8 Å². The summed E-state index contributed by atoms with van der Waals surface area (Å²) >= 11 is 0. The van der Waals surface area contributed by atoms with E-state index in [1.165, 1.54) is 19.0 Å². The molecule has 1 aromatic carbocycles. The van der Waals surface area contributed by atoms with Crippen LogP contribution in [0.1, 0.15) is 16.9 Å². The zero-order valence-corrected chi connectivity index (χ0v) is 13.4. The van der Waals surface area contributed by atoms with E-state index in [4.69, 9.17) is 10.00 Å². The molecule has 24 heavy (non-hydrogen) atoms. The molecular weight excluding hydrogens is 312 g/mol. The molecule has 0 fully saturated rings. The first-order valence-corrected chi connectivity index (χ1v) is 7.19. The number of benzene rings is 1. The molecule has 1 heterocycles. The first-order chi connectivity index (χ1) is 11.5. The molecule has 0 saturated carbocycles. The van der Waals surface area contributed by atoms with E-state index >= 15 is 0 Å². The van der Waals surface area contributed by atoms with E-state index in [2.05, 4.69) is 5.10 Å². The van der Waals surface area contributed by atoms with Gasteiger partial charge in [0.2, 0.25) is 0 Å². The van der Waals surface area contributed by atoms with Crippen molar-refractivity contribution in [1.29, 1.82) is 5.26 Å². The molecule has 0 radical (unpaired) electrons. The van der Waals surface area contributed by atoms with Crippen molar-refractivity contribution in [2.75, 3.05) is 20.2 Å². The van der Waals surface area contributed by atoms with Crippen molar-refractivity contribution in [3.63, 3.8) is 0 Å². The molecule has 0 saturated heterocycles. The lowest BCUT2D eigenvalue weighted by atomic mass is 10.1. The minimum Gasteiger partial charge on any atom is -0.451 e. The Labute approximate surface area is 137 Å². The quantitative estimate of drug-likeness (QED) is 0.738. The summed E-state index contributed by atoms with van der Waals surface area (Å²) in [5.74, 6) is -1.21. The smallest absolute Gasteiger partial charge is 0.359 e. The number of aromatic nitrogens is 2. The van der Waals surface area contributed by atoms with Crippen LogP contribution in [0.4, 0.5) is 0 Å². The molecule has 124 valence electrons. The molecule has 0 atom stereocenters. The Morgan fingerprint density at radius 3 is 2.67 bits per heavy atom. The number of amides is 1. The Hall–Kier alpha value is -3.21. The van der Waals surface area contributed by atoms with Crippen LogP contribution < -0.4 is 5.56 Å². The minimum atomic E-state index is -0.788. The molecule has 0 aliphatic heterocycles. The Balaban J connectivity index is 2.18. The van der Waals surface area contributed by atoms with E-state index in [-0.39, 0.29) is 24.2 Å². The zero-order valence-electron chi connectivity index (χ0n) is 13.4. The summed E-state index contributed by atoms with van der Waals surface area (Å²) in [4.78, 5) is 37.4. The van der Waals surface area contributed by atoms with Crippen molar-refractivity contribution >= 4 is 22.6 Å². The van der Waals surface area contributed by atoms with E-state index < -0.39 is 18.5 Å². The maximum atomic E-state index is 12.2. The van der Waals surface area contributed by atoms with Crippen molar-refractivity contribution in [3.05, 3.63) is 40.3 Å². The van der Waals surface area contributed by atoms with Crippen LogP contribution in [-0.2, 0) is 16.6 Å². The first-order valence-electron chi connectivity index (χ1n) is 7.19. The van der Waals surface area contributed by atoms with Crippen molar-refractivity contribution in [2.45, 2.75) is 6.42 Å². The molecule has 2 aromatic rings. The second-order valence-corrected chi connectivity index (χ2v) is 5.12. The molecule has 0 aliphatic rings. The monoisotopic (exact) mass is 328 g/mol. The predicted octanol–water partition coefficient (Wildman–Crippen LogP) is 0.462. The van der Waals surface area contributed by atoms with Crippen molar-refractivity contribution < 1.29 is 14.3 Å². The van der Waals surface area contributed by atoms with Gasteiger partial charge in [0.25, 0.3) is 11.5 Å². The van der Waals surface area contributed by atoms with Gasteiger partial charge in [-0.05, 0) is 6.07 Å². The topological polar surface area (TPSA) is 105 Å². The highest BCUT2D eigenvalue weighted by Crippen LogP contribution is 2.13. The fourth-order valence-corrected chi connectivity index (χ4v) is 2.10. The maximum Gasteiger partial charge on any atom is 0.359 e. The van der Waals surface area contributed by atoms with Crippen LogP contribution in [0.2, 0.25) is 0 Å². The number of likely N-dealkylation sites (N-methyl/N-ethyl adjacent to an activating group) is 1. The second-order valence-electron chi connectivity index (χ2n) is 5.12. The van der Waals surface area contributed by atoms with Gasteiger partial charge in [-0.1, -0.05) is 18.2 Å². The molecule has 0 spiro atoms. The van der Waals surface area contributed by atoms with Crippen LogP contribution in [0.5, 0.6) is 0 Å². The summed E-state index contributed by atoms with van der Waals surface area (Å²) in [6.07, 6.45) is 0.198. The summed E-state index contributed by atoms with van der Waals surface area (Å²) in [7, 11) is 2.96. The van der Waals surface area contributed by atoms with Gasteiger partial charge < -0.3 is 9.64 Å². The standard InChI is InChI=1S/C16H16N4O4/c1-19(9-5-8-17)13(21)10-24-16(23)14-11-6-3-4-7-12(11)15(22)20(2)18-14/h3-4,6-7H,5,9-10H2,1-2H3. The van der Waals surface area contributed by atoms with Crippen LogP contribution in [0.15, 0.2) is 29.1 Å². The summed E-state index contributed by atoms with van der Waals surface area (Å²) in [6, 6.07) is 8.49. The number of nitriles is 1. The largest absolute Gasteiger partial charge is 0.451 e. The van der Waals surface area contributed by atoms with Gasteiger partial charge in [-0.2, -0.15) is 10.4 Å². The molecule has 0 N–H and O–H groups in total. The number of nitrogens with zero attached hydrogens (tertiary/aromatic N) is 4. The van der Waals surface area contributed by atoms with E-state index in [1.54, 1.807) is 24.3 Å². The van der Waals surface area contributed by atoms with Gasteiger partial charge in [0, 0.05) is 26.0 Å². The molecule has 8 nitrogen and oxygen atoms in total. The van der Waals surface area contributed by atoms with Gasteiger partial charge in [0.15, 0.2) is 12.3 Å². The molecule has 1 amide bonds. The number of aryl methyl sites for hydroxylation is 1. The highest BCUT2D eigenvalue weighted by atomic mass is 16.5. The van der Waals surface area contributed by atoms with Crippen LogP contribution >= 0.6 is 0 Å². The number of ether oxygens (including phenoxy) is 1. The third-order valence-corrected chi connectivity index (χ3v) is 3.46. The first kappa shape index (κ1) is 17.1. The lowest BCUT2D eigenvalue weighted by Crippen LogP contribution is -2.32. The molecule has 8 heteroatoms. The highest BCUT2D eigenvalue weighted by molar-refractivity contribution is 6.02. The Bertz CT molecular complexity index is 882. The lowest BCUT2D eigenvalue weighted by molar-refractivity contribution is -0.133. The van der Waals surface area contributed by atoms with Crippen LogP contribution in [0.3, 0.4) is 0 Å². The summed E-state index contributed by atoms with van der Waals surface area (Å²) in [6.45, 7) is -0.201. The van der Waals surface area contributed by atoms with E-state index in [1.807, 2.05) is 6.07 Å². The number of esters is 1. The van der Waals surface area contributed by atoms with Crippen molar-refractivity contribution in [3.8, 4) is 6.07 Å². The molecule has 1 aromatic heterocycles. The highest BCUT2D eigenvalue weighted by Gasteiger charge is 2.19. The number of hydrogen-bond acceptors (Lipinski definition) is 6. The Morgan fingerprint density at radius 1 is 1.33 bits per heavy atom. The summed E-state index contributed by atoms with van der Waals surface area (Å²) in [5.41, 5.74) is -0.352. The normalized spacial score (nSPS) is 10.2. The average molecular weight is 328 g/mol. The number of carbonyl (C=O) groups is 2. The summed E-state index contributed by atoms with van der Waals surface area (Å²) in [5, 5.41) is 13.2. The molecular formula is C16H16N4O4. The minimum absolute atomic E-state index is 0.0276. The van der Waals surface area contributed by atoms with Crippen molar-refractivity contribution in [2.24, 2.45) is 7.05 Å². The van der Waals surface area contributed by atoms with Crippen LogP contribution in [-0.4, -0.2) is 46.8 Å². The SMILES string of the molecule is CN(CCC#N)C(=O)COC(=O)c1nn(C)c(=O)c2ccccc12. The lowest BCUT2D eigenvalue weighted by Gasteiger charge is -2.15. The Kier molecular flexibility index (Phi) is 5.27. The fourth-order valence-electron chi connectivity index (χ4n) is 2.10. The third-order valence-electron chi connectivity index (χ3n) is 3.46. The van der Waals surface area contributed by atoms with Crippen molar-refractivity contribution in [1.82, 2.24) is 14.7 Å². The third kappa shape index (κ3) is 3.57. The summed E-state index contributed by atoms with van der Waals surface area (Å²) < 4.78 is 6.06. The predicted molar refractivity (Wildman–Crippen MR) is 85.1 cm³/mol. The fraction of sp³-hybridized carbons (Fsp3) is 0.312. The molecule has 0 aliphatic carbocycles. The van der Waals surface area contributed by atoms with E-state index in [0.717, 1.165) is 4.68 Å². The number of hydrogen-bond donors (Lipinski definition) is 0. The number of carbonyl (C=O) groups excluding carboxylic acids is 2. The van der Waals surface area contributed by atoms with Gasteiger partial charge in [-0.15, -0.1) is 0 Å². The van der Waals surface area contributed by atoms with Crippen LogP contribution in [0.25, 0.3) is 10.8 Å². The average Bonchev–Trinajstić information content (AvgIpc) is 2.60. The second kappa shape index (κ2) is 7.37. The van der Waals surface area contributed by atoms with Crippen LogP contribution in [0, 0.1) is 11.3 Å². The number of fused-ring (bicyclic) bond motifs is 1. The molecule has 0 unspecified atom stereocenters. The van der Waals surface area contributed by atoms with Gasteiger partial charge in [-0.25, -0.2) is 9.48 Å². The number of rotatable bonds is 5. The van der Waals surface area contributed by atoms with Gasteiger partial charge in [-0.3, -0.25) is 9.59 Å². The van der Waals surface area contributed by atoms with Gasteiger partial charge in [0.1, 0.15) is 0 Å². The maximum absolute atomic E-state index is 12.2.